The van der Waals surface area contributed by atoms with Gasteiger partial charge in [0.05, 0.1) is 18.4 Å². The lowest BCUT2D eigenvalue weighted by atomic mass is 10.1. The Hall–Kier alpha value is -3.08. The molecule has 0 radical (unpaired) electrons. The van der Waals surface area contributed by atoms with Gasteiger partial charge in [-0.15, -0.1) is 0 Å². The van der Waals surface area contributed by atoms with Gasteiger partial charge in [-0.3, -0.25) is 9.59 Å². The number of methoxy groups -OCH3 is 1. The Bertz CT molecular complexity index is 737. The maximum absolute atomic E-state index is 12.1. The van der Waals surface area contributed by atoms with Crippen LogP contribution in [0.4, 0.5) is 5.69 Å². The fourth-order valence-corrected chi connectivity index (χ4v) is 2.11. The molecule has 0 saturated carbocycles. The van der Waals surface area contributed by atoms with E-state index in [9.17, 15) is 9.59 Å². The number of carbonyl (C=O) groups excluding carboxylic acids is 2. The number of hydrogen-bond acceptors (Lipinski definition) is 3. The van der Waals surface area contributed by atoms with Crippen LogP contribution >= 0.6 is 0 Å². The number of carbonyl (C=O) groups is 2. The standard InChI is InChI=1S/C19H20N2O3/c1-3-20-19(23)16-6-4-5-7-17(16)21-18(22)13-10-14-8-11-15(24-2)12-9-14/h4-13H,3H2,1-2H3,(H,20,23)(H,21,22). The van der Waals surface area contributed by atoms with Crippen LogP contribution in [-0.4, -0.2) is 25.5 Å². The number of benzene rings is 2. The summed E-state index contributed by atoms with van der Waals surface area (Å²) >= 11 is 0. The number of hydrogen-bond donors (Lipinski definition) is 2. The Morgan fingerprint density at radius 3 is 2.46 bits per heavy atom. The summed E-state index contributed by atoms with van der Waals surface area (Å²) in [6, 6.07) is 14.2. The quantitative estimate of drug-likeness (QED) is 0.802. The fraction of sp³-hybridized carbons (Fsp3) is 0.158. The summed E-state index contributed by atoms with van der Waals surface area (Å²) in [5, 5.41) is 5.46. The molecule has 0 aliphatic carbocycles. The van der Waals surface area contributed by atoms with Crippen LogP contribution in [0.25, 0.3) is 6.08 Å². The number of rotatable bonds is 6. The summed E-state index contributed by atoms with van der Waals surface area (Å²) in [5.74, 6) is 0.238. The number of anilines is 1. The van der Waals surface area contributed by atoms with E-state index in [-0.39, 0.29) is 11.8 Å². The molecule has 2 N–H and O–H groups in total. The molecule has 0 atom stereocenters. The van der Waals surface area contributed by atoms with E-state index < -0.39 is 0 Å². The van der Waals surface area contributed by atoms with Crippen LogP contribution in [0.1, 0.15) is 22.8 Å². The first kappa shape index (κ1) is 17.3. The molecule has 2 amide bonds. The van der Waals surface area contributed by atoms with Gasteiger partial charge in [0.1, 0.15) is 5.75 Å². The lowest BCUT2D eigenvalue weighted by molar-refractivity contribution is -0.111. The summed E-state index contributed by atoms with van der Waals surface area (Å²) in [4.78, 5) is 24.1. The van der Waals surface area contributed by atoms with Gasteiger partial charge >= 0.3 is 0 Å². The SMILES string of the molecule is CCNC(=O)c1ccccc1NC(=O)C=Cc1ccc(OC)cc1. The summed E-state index contributed by atoms with van der Waals surface area (Å²) < 4.78 is 5.09. The molecule has 0 bridgehead atoms. The zero-order valence-electron chi connectivity index (χ0n) is 13.7. The summed E-state index contributed by atoms with van der Waals surface area (Å²) in [6.07, 6.45) is 3.12. The Morgan fingerprint density at radius 1 is 1.08 bits per heavy atom. The number of amides is 2. The van der Waals surface area contributed by atoms with Crippen molar-refractivity contribution in [2.24, 2.45) is 0 Å². The highest BCUT2D eigenvalue weighted by Crippen LogP contribution is 2.16. The largest absolute Gasteiger partial charge is 0.497 e. The van der Waals surface area contributed by atoms with Crippen molar-refractivity contribution < 1.29 is 14.3 Å². The van der Waals surface area contributed by atoms with Gasteiger partial charge in [-0.2, -0.15) is 0 Å². The van der Waals surface area contributed by atoms with Crippen LogP contribution in [0.5, 0.6) is 5.75 Å². The smallest absolute Gasteiger partial charge is 0.253 e. The molecule has 0 saturated heterocycles. The van der Waals surface area contributed by atoms with E-state index in [0.717, 1.165) is 11.3 Å². The third-order valence-electron chi connectivity index (χ3n) is 3.31. The Balaban J connectivity index is 2.06. The van der Waals surface area contributed by atoms with Gasteiger partial charge in [0.15, 0.2) is 0 Å². The van der Waals surface area contributed by atoms with E-state index in [1.807, 2.05) is 31.2 Å². The van der Waals surface area contributed by atoms with Gasteiger partial charge in [0.2, 0.25) is 5.91 Å². The molecule has 124 valence electrons. The highest BCUT2D eigenvalue weighted by atomic mass is 16.5. The monoisotopic (exact) mass is 324 g/mol. The van der Waals surface area contributed by atoms with Crippen LogP contribution < -0.4 is 15.4 Å². The first-order valence-electron chi connectivity index (χ1n) is 7.64. The van der Waals surface area contributed by atoms with Crippen molar-refractivity contribution >= 4 is 23.6 Å². The molecule has 2 aromatic carbocycles. The third kappa shape index (κ3) is 4.71. The van der Waals surface area contributed by atoms with Crippen molar-refractivity contribution in [2.75, 3.05) is 19.0 Å². The minimum absolute atomic E-state index is 0.215. The molecule has 0 fully saturated rings. The minimum Gasteiger partial charge on any atom is -0.497 e. The molecule has 24 heavy (non-hydrogen) atoms. The van der Waals surface area contributed by atoms with Crippen LogP contribution in [0, 0.1) is 0 Å². The molecule has 0 spiro atoms. The number of ether oxygens (including phenoxy) is 1. The highest BCUT2D eigenvalue weighted by molar-refractivity contribution is 6.07. The average molecular weight is 324 g/mol. The Morgan fingerprint density at radius 2 is 1.79 bits per heavy atom. The van der Waals surface area contributed by atoms with Gasteiger partial charge < -0.3 is 15.4 Å². The van der Waals surface area contributed by atoms with Crippen LogP contribution in [0.2, 0.25) is 0 Å². The first-order valence-corrected chi connectivity index (χ1v) is 7.64. The molecule has 2 rings (SSSR count). The molecule has 5 heteroatoms. The van der Waals surface area contributed by atoms with E-state index in [1.165, 1.54) is 6.08 Å². The molecule has 2 aromatic rings. The summed E-state index contributed by atoms with van der Waals surface area (Å²) in [6.45, 7) is 2.37. The minimum atomic E-state index is -0.303. The first-order chi connectivity index (χ1) is 11.6. The van der Waals surface area contributed by atoms with Gasteiger partial charge in [0, 0.05) is 12.6 Å². The second kappa shape index (κ2) is 8.53. The van der Waals surface area contributed by atoms with E-state index in [0.29, 0.717) is 17.8 Å². The van der Waals surface area contributed by atoms with Crippen LogP contribution in [0.3, 0.4) is 0 Å². The van der Waals surface area contributed by atoms with E-state index >= 15 is 0 Å². The molecule has 0 heterocycles. The topological polar surface area (TPSA) is 67.4 Å². The maximum Gasteiger partial charge on any atom is 0.253 e. The molecule has 0 aromatic heterocycles. The van der Waals surface area contributed by atoms with Gasteiger partial charge in [0.25, 0.3) is 5.91 Å². The average Bonchev–Trinajstić information content (AvgIpc) is 2.61. The zero-order valence-corrected chi connectivity index (χ0v) is 13.7. The normalized spacial score (nSPS) is 10.4. The molecular weight excluding hydrogens is 304 g/mol. The van der Waals surface area contributed by atoms with Gasteiger partial charge in [-0.25, -0.2) is 0 Å². The summed E-state index contributed by atoms with van der Waals surface area (Å²) in [5.41, 5.74) is 1.79. The third-order valence-corrected chi connectivity index (χ3v) is 3.31. The highest BCUT2D eigenvalue weighted by Gasteiger charge is 2.10. The predicted molar refractivity (Wildman–Crippen MR) is 95.1 cm³/mol. The Kier molecular flexibility index (Phi) is 6.14. The second-order valence-electron chi connectivity index (χ2n) is 5.00. The van der Waals surface area contributed by atoms with Crippen molar-refractivity contribution in [2.45, 2.75) is 6.92 Å². The van der Waals surface area contributed by atoms with Crippen molar-refractivity contribution in [1.82, 2.24) is 5.32 Å². The van der Waals surface area contributed by atoms with Crippen molar-refractivity contribution in [3.63, 3.8) is 0 Å². The molecular formula is C19H20N2O3. The molecule has 0 aliphatic heterocycles. The maximum atomic E-state index is 12.1. The van der Waals surface area contributed by atoms with Crippen molar-refractivity contribution in [1.29, 1.82) is 0 Å². The van der Waals surface area contributed by atoms with E-state index in [4.69, 9.17) is 4.74 Å². The lowest BCUT2D eigenvalue weighted by Gasteiger charge is -2.09. The van der Waals surface area contributed by atoms with Gasteiger partial charge in [-0.05, 0) is 42.8 Å². The predicted octanol–water partition coefficient (Wildman–Crippen LogP) is 3.10. The second-order valence-corrected chi connectivity index (χ2v) is 5.00. The van der Waals surface area contributed by atoms with Crippen molar-refractivity contribution in [3.05, 3.63) is 65.7 Å². The molecule has 5 nitrogen and oxygen atoms in total. The van der Waals surface area contributed by atoms with E-state index in [2.05, 4.69) is 10.6 Å². The van der Waals surface area contributed by atoms with Crippen molar-refractivity contribution in [3.8, 4) is 5.75 Å². The summed E-state index contributed by atoms with van der Waals surface area (Å²) in [7, 11) is 1.60. The fourth-order valence-electron chi connectivity index (χ4n) is 2.11. The van der Waals surface area contributed by atoms with Crippen LogP contribution in [0.15, 0.2) is 54.6 Å². The zero-order chi connectivity index (χ0) is 17.4. The lowest BCUT2D eigenvalue weighted by Crippen LogP contribution is -2.24. The molecule has 0 unspecified atom stereocenters. The molecule has 0 aliphatic rings. The number of nitrogens with one attached hydrogen (secondary N) is 2. The van der Waals surface area contributed by atoms with Crippen LogP contribution in [-0.2, 0) is 4.79 Å². The van der Waals surface area contributed by atoms with Gasteiger partial charge in [-0.1, -0.05) is 24.3 Å². The Labute approximate surface area is 141 Å². The number of para-hydroxylation sites is 1. The van der Waals surface area contributed by atoms with E-state index in [1.54, 1.807) is 37.5 Å².